The van der Waals surface area contributed by atoms with E-state index in [1.165, 1.54) is 36.0 Å². The van der Waals surface area contributed by atoms with E-state index >= 15 is 0 Å². The summed E-state index contributed by atoms with van der Waals surface area (Å²) >= 11 is 1.27. The van der Waals surface area contributed by atoms with E-state index in [2.05, 4.69) is 10.3 Å². The lowest BCUT2D eigenvalue weighted by molar-refractivity contribution is -0.117. The number of nitrogens with one attached hydrogen (secondary N) is 3. The highest BCUT2D eigenvalue weighted by molar-refractivity contribution is 7.99. The molecule has 0 unspecified atom stereocenters. The van der Waals surface area contributed by atoms with E-state index in [9.17, 15) is 18.0 Å². The van der Waals surface area contributed by atoms with Gasteiger partial charge in [0.25, 0.3) is 10.0 Å². The summed E-state index contributed by atoms with van der Waals surface area (Å²) in [6.45, 7) is 5.19. The Kier molecular flexibility index (Phi) is 7.80. The van der Waals surface area contributed by atoms with Gasteiger partial charge in [0.15, 0.2) is 5.16 Å². The normalized spacial score (nSPS) is 11.2. The topological polar surface area (TPSA) is 121 Å². The highest BCUT2D eigenvalue weighted by Crippen LogP contribution is 2.33. The summed E-state index contributed by atoms with van der Waals surface area (Å²) < 4.78 is 26.0. The average molecular weight is 535 g/mol. The number of aryl methyl sites for hydroxylation is 2. The number of anilines is 1. The van der Waals surface area contributed by atoms with E-state index in [-0.39, 0.29) is 16.6 Å². The molecular weight excluding hydrogens is 508 g/mol. The first kappa shape index (κ1) is 26.2. The van der Waals surface area contributed by atoms with Gasteiger partial charge in [0.1, 0.15) is 0 Å². The fourth-order valence-corrected chi connectivity index (χ4v) is 5.23. The van der Waals surface area contributed by atoms with Crippen LogP contribution in [0.1, 0.15) is 18.1 Å². The van der Waals surface area contributed by atoms with Crippen LogP contribution in [0, 0.1) is 13.8 Å². The number of imidazole rings is 1. The molecule has 0 aliphatic rings. The number of rotatable bonds is 8. The van der Waals surface area contributed by atoms with Crippen LogP contribution in [0.5, 0.6) is 0 Å². The third kappa shape index (κ3) is 6.66. The van der Waals surface area contributed by atoms with Gasteiger partial charge in [0.2, 0.25) is 11.8 Å². The van der Waals surface area contributed by atoms with Crippen LogP contribution in [0.15, 0.2) is 82.8 Å². The molecule has 4 rings (SSSR count). The smallest absolute Gasteiger partial charge is 0.264 e. The molecule has 0 fully saturated rings. The van der Waals surface area contributed by atoms with Crippen LogP contribution in [0.25, 0.3) is 22.5 Å². The van der Waals surface area contributed by atoms with Crippen molar-refractivity contribution in [1.29, 1.82) is 0 Å². The van der Waals surface area contributed by atoms with Gasteiger partial charge >= 0.3 is 0 Å². The maximum Gasteiger partial charge on any atom is 0.264 e. The van der Waals surface area contributed by atoms with E-state index in [0.717, 1.165) is 40.6 Å². The Hall–Kier alpha value is -3.89. The molecule has 0 aliphatic heterocycles. The summed E-state index contributed by atoms with van der Waals surface area (Å²) in [7, 11) is -3.93. The molecule has 190 valence electrons. The van der Waals surface area contributed by atoms with Crippen molar-refractivity contribution in [3.63, 3.8) is 0 Å². The molecule has 1 aromatic heterocycles. The number of amides is 2. The molecule has 4 aromatic rings. The number of carbonyl (C=O) groups excluding carboxylic acids is 2. The van der Waals surface area contributed by atoms with Crippen molar-refractivity contribution in [2.75, 3.05) is 11.1 Å². The van der Waals surface area contributed by atoms with Crippen LogP contribution in [-0.4, -0.2) is 36.0 Å². The first-order valence-corrected chi connectivity index (χ1v) is 13.9. The van der Waals surface area contributed by atoms with E-state index in [1.54, 1.807) is 0 Å². The molecule has 0 spiro atoms. The molecule has 0 saturated heterocycles. The number of hydrogen-bond acceptors (Lipinski definition) is 6. The van der Waals surface area contributed by atoms with Crippen molar-refractivity contribution in [3.8, 4) is 22.5 Å². The third-order valence-corrected chi connectivity index (χ3v) is 7.74. The highest BCUT2D eigenvalue weighted by Gasteiger charge is 2.17. The first-order chi connectivity index (χ1) is 17.6. The van der Waals surface area contributed by atoms with E-state index in [0.29, 0.717) is 10.8 Å². The van der Waals surface area contributed by atoms with Gasteiger partial charge in [-0.3, -0.25) is 9.59 Å². The number of aromatic amines is 1. The predicted octanol–water partition coefficient (Wildman–Crippen LogP) is 4.92. The van der Waals surface area contributed by atoms with Crippen molar-refractivity contribution >= 4 is 39.3 Å². The molecule has 2 amide bonds. The van der Waals surface area contributed by atoms with Crippen molar-refractivity contribution in [2.45, 2.75) is 30.8 Å². The predicted molar refractivity (Wildman–Crippen MR) is 146 cm³/mol. The fourth-order valence-electron chi connectivity index (χ4n) is 3.57. The second-order valence-electron chi connectivity index (χ2n) is 8.52. The summed E-state index contributed by atoms with van der Waals surface area (Å²) in [5.41, 5.74) is 6.41. The van der Waals surface area contributed by atoms with Gasteiger partial charge in [0.05, 0.1) is 22.0 Å². The average Bonchev–Trinajstić information content (AvgIpc) is 3.27. The van der Waals surface area contributed by atoms with Crippen LogP contribution < -0.4 is 10.0 Å². The quantitative estimate of drug-likeness (QED) is 0.276. The van der Waals surface area contributed by atoms with Crippen molar-refractivity contribution in [1.82, 2.24) is 14.7 Å². The maximum atomic E-state index is 12.6. The minimum absolute atomic E-state index is 0.0714. The molecule has 3 aromatic carbocycles. The van der Waals surface area contributed by atoms with Gasteiger partial charge < -0.3 is 10.3 Å². The molecule has 0 bridgehead atoms. The first-order valence-electron chi connectivity index (χ1n) is 11.4. The number of H-pyrrole nitrogens is 1. The van der Waals surface area contributed by atoms with E-state index in [1.807, 2.05) is 67.1 Å². The number of nitrogens with zero attached hydrogens (tertiary/aromatic N) is 1. The second-order valence-corrected chi connectivity index (χ2v) is 11.2. The van der Waals surface area contributed by atoms with Crippen LogP contribution in [0.3, 0.4) is 0 Å². The highest BCUT2D eigenvalue weighted by atomic mass is 32.2. The van der Waals surface area contributed by atoms with Gasteiger partial charge in [-0.05, 0) is 38.1 Å². The summed E-state index contributed by atoms with van der Waals surface area (Å²) in [5.74, 6) is -0.851. The minimum Gasteiger partial charge on any atom is -0.332 e. The Labute approximate surface area is 220 Å². The number of thioether (sulfide) groups is 1. The number of aromatic nitrogens is 2. The standard InChI is InChI=1S/C27H26N4O4S2/c1-17-4-8-20(9-5-17)25-26(21-10-6-18(2)7-11-21)30-27(29-25)36-16-24(33)28-22-12-14-23(15-13-22)37(34,35)31-19(3)32/h4-15H,16H2,1-3H3,(H,28,33)(H,29,30)(H,31,32). The summed E-state index contributed by atoms with van der Waals surface area (Å²) in [5, 5.41) is 3.35. The molecule has 3 N–H and O–H groups in total. The molecule has 0 radical (unpaired) electrons. The van der Waals surface area contributed by atoms with E-state index in [4.69, 9.17) is 4.98 Å². The SMILES string of the molecule is CC(=O)NS(=O)(=O)c1ccc(NC(=O)CSc2nc(-c3ccc(C)cc3)c(-c3ccc(C)cc3)[nH]2)cc1. The maximum absolute atomic E-state index is 12.6. The number of carbonyl (C=O) groups is 2. The molecule has 8 nitrogen and oxygen atoms in total. The lowest BCUT2D eigenvalue weighted by Gasteiger charge is -2.07. The van der Waals surface area contributed by atoms with Gasteiger partial charge in [-0.15, -0.1) is 0 Å². The van der Waals surface area contributed by atoms with Crippen molar-refractivity contribution in [3.05, 3.63) is 83.9 Å². The zero-order chi connectivity index (χ0) is 26.6. The second kappa shape index (κ2) is 11.0. The Morgan fingerprint density at radius 1 is 0.865 bits per heavy atom. The summed E-state index contributed by atoms with van der Waals surface area (Å²) in [6, 6.07) is 21.9. The van der Waals surface area contributed by atoms with Crippen molar-refractivity contribution in [2.24, 2.45) is 0 Å². The Morgan fingerprint density at radius 3 is 2.00 bits per heavy atom. The van der Waals surface area contributed by atoms with Crippen LogP contribution in [-0.2, 0) is 19.6 Å². The lowest BCUT2D eigenvalue weighted by atomic mass is 10.0. The molecule has 0 atom stereocenters. The van der Waals surface area contributed by atoms with Crippen molar-refractivity contribution < 1.29 is 18.0 Å². The zero-order valence-corrected chi connectivity index (χ0v) is 22.2. The summed E-state index contributed by atoms with van der Waals surface area (Å²) in [4.78, 5) is 31.7. The molecule has 37 heavy (non-hydrogen) atoms. The number of sulfonamides is 1. The number of benzene rings is 3. The fraction of sp³-hybridized carbons (Fsp3) is 0.148. The zero-order valence-electron chi connectivity index (χ0n) is 20.5. The van der Waals surface area contributed by atoms with Gasteiger partial charge in [0, 0.05) is 23.7 Å². The van der Waals surface area contributed by atoms with Gasteiger partial charge in [-0.25, -0.2) is 18.1 Å². The minimum atomic E-state index is -3.93. The largest absolute Gasteiger partial charge is 0.332 e. The Bertz CT molecular complexity index is 1460. The summed E-state index contributed by atoms with van der Waals surface area (Å²) in [6.07, 6.45) is 0. The molecule has 10 heteroatoms. The Morgan fingerprint density at radius 2 is 1.43 bits per heavy atom. The van der Waals surface area contributed by atoms with Gasteiger partial charge in [-0.1, -0.05) is 71.4 Å². The molecule has 0 saturated carbocycles. The van der Waals surface area contributed by atoms with Crippen LogP contribution in [0.2, 0.25) is 0 Å². The Balaban J connectivity index is 1.47. The van der Waals surface area contributed by atoms with Crippen LogP contribution in [0.4, 0.5) is 5.69 Å². The molecule has 0 aliphatic carbocycles. The van der Waals surface area contributed by atoms with Gasteiger partial charge in [-0.2, -0.15) is 0 Å². The lowest BCUT2D eigenvalue weighted by Crippen LogP contribution is -2.28. The molecule has 1 heterocycles. The number of hydrogen-bond donors (Lipinski definition) is 3. The third-order valence-electron chi connectivity index (χ3n) is 5.41. The van der Waals surface area contributed by atoms with Crippen LogP contribution >= 0.6 is 11.8 Å². The van der Waals surface area contributed by atoms with E-state index < -0.39 is 15.9 Å². The monoisotopic (exact) mass is 534 g/mol. The molecular formula is C27H26N4O4S2.